The Labute approximate surface area is 184 Å². The van der Waals surface area contributed by atoms with E-state index in [1.807, 2.05) is 31.2 Å². The molecule has 1 N–H and O–H groups in total. The van der Waals surface area contributed by atoms with Crippen molar-refractivity contribution in [1.29, 1.82) is 0 Å². The van der Waals surface area contributed by atoms with E-state index in [1.165, 1.54) is 0 Å². The van der Waals surface area contributed by atoms with Gasteiger partial charge in [-0.15, -0.1) is 0 Å². The van der Waals surface area contributed by atoms with Gasteiger partial charge in [-0.25, -0.2) is 0 Å². The third kappa shape index (κ3) is 6.50. The highest BCUT2D eigenvalue weighted by molar-refractivity contribution is 9.10. The summed E-state index contributed by atoms with van der Waals surface area (Å²) in [5.74, 6) is -0.318. The molecule has 0 saturated heterocycles. The van der Waals surface area contributed by atoms with Gasteiger partial charge >= 0.3 is 0 Å². The maximum atomic E-state index is 13.1. The number of nitrogens with zero attached hydrogens (tertiary/aromatic N) is 1. The van der Waals surface area contributed by atoms with E-state index in [1.54, 1.807) is 30.0 Å². The zero-order chi connectivity index (χ0) is 20.7. The van der Waals surface area contributed by atoms with Crippen molar-refractivity contribution in [3.05, 3.63) is 68.1 Å². The normalized spacial score (nSPS) is 11.8. The number of hydrogen-bond donors (Lipinski definition) is 1. The zero-order valence-corrected chi connectivity index (χ0v) is 18.9. The van der Waals surface area contributed by atoms with Gasteiger partial charge in [0, 0.05) is 17.6 Å². The Hall–Kier alpha value is -1.56. The van der Waals surface area contributed by atoms with Gasteiger partial charge in [-0.2, -0.15) is 0 Å². The molecule has 0 aromatic heterocycles. The molecule has 0 spiro atoms. The summed E-state index contributed by atoms with van der Waals surface area (Å²) >= 11 is 15.4. The van der Waals surface area contributed by atoms with Crippen LogP contribution in [0.4, 0.5) is 0 Å². The molecule has 0 saturated carbocycles. The van der Waals surface area contributed by atoms with Crippen LogP contribution in [-0.2, 0) is 22.6 Å². The maximum Gasteiger partial charge on any atom is 0.242 e. The van der Waals surface area contributed by atoms with Gasteiger partial charge in [-0.1, -0.05) is 64.3 Å². The molecule has 0 radical (unpaired) electrons. The van der Waals surface area contributed by atoms with E-state index in [-0.39, 0.29) is 18.2 Å². The lowest BCUT2D eigenvalue weighted by Crippen LogP contribution is -2.48. The van der Waals surface area contributed by atoms with E-state index >= 15 is 0 Å². The van der Waals surface area contributed by atoms with Crippen LogP contribution in [0, 0.1) is 0 Å². The zero-order valence-electron chi connectivity index (χ0n) is 15.8. The van der Waals surface area contributed by atoms with Crippen LogP contribution >= 0.6 is 39.1 Å². The summed E-state index contributed by atoms with van der Waals surface area (Å²) in [4.78, 5) is 27.1. The Kier molecular flexibility index (Phi) is 8.80. The number of carbonyl (C=O) groups is 2. The van der Waals surface area contributed by atoms with Crippen molar-refractivity contribution in [1.82, 2.24) is 10.2 Å². The first-order chi connectivity index (χ1) is 13.3. The summed E-state index contributed by atoms with van der Waals surface area (Å²) < 4.78 is 0.957. The predicted octanol–water partition coefficient (Wildman–Crippen LogP) is 5.24. The van der Waals surface area contributed by atoms with E-state index < -0.39 is 6.04 Å². The quantitative estimate of drug-likeness (QED) is 0.555. The first-order valence-corrected chi connectivity index (χ1v) is 10.6. The first kappa shape index (κ1) is 22.7. The molecule has 7 heteroatoms. The fourth-order valence-corrected chi connectivity index (χ4v) is 3.28. The van der Waals surface area contributed by atoms with Crippen LogP contribution in [0.1, 0.15) is 31.4 Å². The lowest BCUT2D eigenvalue weighted by Gasteiger charge is -2.29. The third-order valence-corrected chi connectivity index (χ3v) is 5.59. The summed E-state index contributed by atoms with van der Waals surface area (Å²) in [6, 6.07) is 12.2. The fraction of sp³-hybridized carbons (Fsp3) is 0.333. The molecule has 2 rings (SSSR count). The second-order valence-corrected chi connectivity index (χ2v) is 8.27. The topological polar surface area (TPSA) is 49.4 Å². The highest BCUT2D eigenvalue weighted by Crippen LogP contribution is 2.23. The fourth-order valence-electron chi connectivity index (χ4n) is 2.69. The smallest absolute Gasteiger partial charge is 0.242 e. The molecular formula is C21H23BrCl2N2O2. The maximum absolute atomic E-state index is 13.1. The number of nitrogens with one attached hydrogen (secondary N) is 1. The van der Waals surface area contributed by atoms with Crippen molar-refractivity contribution in [3.8, 4) is 0 Å². The van der Waals surface area contributed by atoms with Crippen molar-refractivity contribution in [2.45, 2.75) is 39.3 Å². The van der Waals surface area contributed by atoms with E-state index in [4.69, 9.17) is 23.2 Å². The van der Waals surface area contributed by atoms with E-state index in [2.05, 4.69) is 21.2 Å². The largest absolute Gasteiger partial charge is 0.354 e. The summed E-state index contributed by atoms with van der Waals surface area (Å²) in [5, 5.41) is 3.71. The summed E-state index contributed by atoms with van der Waals surface area (Å²) in [5.41, 5.74) is 1.70. The predicted molar refractivity (Wildman–Crippen MR) is 118 cm³/mol. The Bertz CT molecular complexity index is 828. The second kappa shape index (κ2) is 10.8. The molecular weight excluding hydrogens is 463 g/mol. The molecule has 2 aromatic carbocycles. The molecule has 4 nitrogen and oxygen atoms in total. The molecule has 0 unspecified atom stereocenters. The Morgan fingerprint density at radius 3 is 2.32 bits per heavy atom. The Balaban J connectivity index is 2.21. The number of amides is 2. The van der Waals surface area contributed by atoms with E-state index in [0.29, 0.717) is 23.1 Å². The average molecular weight is 486 g/mol. The van der Waals surface area contributed by atoms with Crippen LogP contribution in [0.15, 0.2) is 46.9 Å². The molecule has 0 bridgehead atoms. The number of rotatable bonds is 8. The third-order valence-electron chi connectivity index (χ3n) is 4.32. The van der Waals surface area contributed by atoms with Gasteiger partial charge in [-0.3, -0.25) is 9.59 Å². The monoisotopic (exact) mass is 484 g/mol. The van der Waals surface area contributed by atoms with Crippen molar-refractivity contribution in [3.63, 3.8) is 0 Å². The van der Waals surface area contributed by atoms with Crippen molar-refractivity contribution in [2.75, 3.05) is 6.54 Å². The summed E-state index contributed by atoms with van der Waals surface area (Å²) in [6.07, 6.45) is 0.973. The summed E-state index contributed by atoms with van der Waals surface area (Å²) in [7, 11) is 0. The first-order valence-electron chi connectivity index (χ1n) is 9.07. The SMILES string of the molecule is CCCNC(=O)[C@H](C)N(Cc1ccc(Br)cc1)C(=O)Cc1ccc(Cl)c(Cl)c1. The van der Waals surface area contributed by atoms with Crippen LogP contribution in [0.2, 0.25) is 10.0 Å². The number of benzene rings is 2. The van der Waals surface area contributed by atoms with Gasteiger partial charge in [0.1, 0.15) is 6.04 Å². The minimum Gasteiger partial charge on any atom is -0.354 e. The van der Waals surface area contributed by atoms with Crippen LogP contribution < -0.4 is 5.32 Å². The summed E-state index contributed by atoms with van der Waals surface area (Å²) in [6.45, 7) is 4.65. The van der Waals surface area contributed by atoms with E-state index in [0.717, 1.165) is 22.0 Å². The minimum atomic E-state index is -0.592. The van der Waals surface area contributed by atoms with Gasteiger partial charge in [0.15, 0.2) is 0 Å². The molecule has 0 aliphatic rings. The Morgan fingerprint density at radius 2 is 1.71 bits per heavy atom. The molecule has 0 aliphatic heterocycles. The molecule has 150 valence electrons. The van der Waals surface area contributed by atoms with Crippen LogP contribution in [0.3, 0.4) is 0 Å². The molecule has 2 aromatic rings. The lowest BCUT2D eigenvalue weighted by atomic mass is 10.1. The molecule has 1 atom stereocenters. The molecule has 0 heterocycles. The second-order valence-electron chi connectivity index (χ2n) is 6.54. The van der Waals surface area contributed by atoms with Crippen LogP contribution in [0.5, 0.6) is 0 Å². The lowest BCUT2D eigenvalue weighted by molar-refractivity contribution is -0.140. The van der Waals surface area contributed by atoms with Crippen molar-refractivity contribution in [2.24, 2.45) is 0 Å². The minimum absolute atomic E-state index is 0.138. The van der Waals surface area contributed by atoms with Gasteiger partial charge in [0.2, 0.25) is 11.8 Å². The molecule has 28 heavy (non-hydrogen) atoms. The number of hydrogen-bond acceptors (Lipinski definition) is 2. The van der Waals surface area contributed by atoms with Crippen molar-refractivity contribution < 1.29 is 9.59 Å². The highest BCUT2D eigenvalue weighted by atomic mass is 79.9. The van der Waals surface area contributed by atoms with Crippen LogP contribution in [-0.4, -0.2) is 29.3 Å². The van der Waals surface area contributed by atoms with Crippen molar-refractivity contribution >= 4 is 50.9 Å². The molecule has 0 aliphatic carbocycles. The number of carbonyl (C=O) groups excluding carboxylic acids is 2. The Morgan fingerprint density at radius 1 is 1.07 bits per heavy atom. The standard InChI is InChI=1S/C21H23BrCl2N2O2/c1-3-10-25-21(28)14(2)26(13-15-4-7-17(22)8-5-15)20(27)12-16-6-9-18(23)19(24)11-16/h4-9,11,14H,3,10,12-13H2,1-2H3,(H,25,28)/t14-/m0/s1. The van der Waals surface area contributed by atoms with Gasteiger partial charge in [0.05, 0.1) is 16.5 Å². The van der Waals surface area contributed by atoms with Gasteiger partial charge in [-0.05, 0) is 48.7 Å². The van der Waals surface area contributed by atoms with Gasteiger partial charge < -0.3 is 10.2 Å². The van der Waals surface area contributed by atoms with Crippen LogP contribution in [0.25, 0.3) is 0 Å². The highest BCUT2D eigenvalue weighted by Gasteiger charge is 2.26. The van der Waals surface area contributed by atoms with E-state index in [9.17, 15) is 9.59 Å². The average Bonchev–Trinajstić information content (AvgIpc) is 2.67. The number of halogens is 3. The molecule has 0 fully saturated rings. The molecule has 2 amide bonds. The van der Waals surface area contributed by atoms with Gasteiger partial charge in [0.25, 0.3) is 0 Å².